The molecular formula is C21H19BrClFN4O. The highest BCUT2D eigenvalue weighted by molar-refractivity contribution is 9.10. The van der Waals surface area contributed by atoms with Crippen LogP contribution in [0.4, 0.5) is 15.8 Å². The Morgan fingerprint density at radius 1 is 1.17 bits per heavy atom. The minimum Gasteiger partial charge on any atom is -0.382 e. The first kappa shape index (κ1) is 21.2. The predicted octanol–water partition coefficient (Wildman–Crippen LogP) is 6.36. The molecule has 0 saturated carbocycles. The van der Waals surface area contributed by atoms with E-state index in [0.29, 0.717) is 27.5 Å². The molecule has 0 radical (unpaired) electrons. The van der Waals surface area contributed by atoms with E-state index in [9.17, 15) is 5.11 Å². The van der Waals surface area contributed by atoms with Gasteiger partial charge in [0, 0.05) is 16.2 Å². The fourth-order valence-electron chi connectivity index (χ4n) is 2.83. The zero-order valence-electron chi connectivity index (χ0n) is 15.7. The number of anilines is 2. The molecule has 8 heteroatoms. The lowest BCUT2D eigenvalue weighted by Crippen LogP contribution is -2.08. The van der Waals surface area contributed by atoms with E-state index in [1.54, 1.807) is 48.7 Å². The van der Waals surface area contributed by atoms with Gasteiger partial charge in [-0.2, -0.15) is 0 Å². The van der Waals surface area contributed by atoms with Gasteiger partial charge in [0.1, 0.15) is 11.6 Å². The monoisotopic (exact) mass is 476 g/mol. The highest BCUT2D eigenvalue weighted by atomic mass is 79.9. The maximum atomic E-state index is 15.2. The molecule has 0 aliphatic heterocycles. The summed E-state index contributed by atoms with van der Waals surface area (Å²) in [6, 6.07) is 12.0. The summed E-state index contributed by atoms with van der Waals surface area (Å²) >= 11 is 9.61. The van der Waals surface area contributed by atoms with Gasteiger partial charge in [-0.1, -0.05) is 47.4 Å². The summed E-state index contributed by atoms with van der Waals surface area (Å²) in [5.74, 6) is -0.585. The van der Waals surface area contributed by atoms with Gasteiger partial charge in [-0.25, -0.2) is 9.37 Å². The molecule has 0 saturated heterocycles. The van der Waals surface area contributed by atoms with Crippen molar-refractivity contribution in [3.8, 4) is 0 Å². The Bertz CT molecular complexity index is 1120. The van der Waals surface area contributed by atoms with Crippen molar-refractivity contribution in [2.75, 3.05) is 5.32 Å². The fourth-order valence-corrected chi connectivity index (χ4v) is 3.55. The zero-order chi connectivity index (χ0) is 21.0. The summed E-state index contributed by atoms with van der Waals surface area (Å²) in [5.41, 5.74) is 1.97. The SMILES string of the molecule is CC.OC(c1ccccn1)c1cc2[nH]cnc2c(F)c1Nc1ccc(Br)cc1Cl. The number of H-pyrrole nitrogens is 1. The molecule has 3 N–H and O–H groups in total. The van der Waals surface area contributed by atoms with Crippen LogP contribution in [0.25, 0.3) is 11.0 Å². The smallest absolute Gasteiger partial charge is 0.174 e. The number of aromatic amines is 1. The van der Waals surface area contributed by atoms with Crippen LogP contribution >= 0.6 is 27.5 Å². The van der Waals surface area contributed by atoms with Crippen molar-refractivity contribution in [2.45, 2.75) is 20.0 Å². The van der Waals surface area contributed by atoms with Crippen molar-refractivity contribution in [3.05, 3.63) is 81.6 Å². The Morgan fingerprint density at radius 3 is 2.66 bits per heavy atom. The number of hydrogen-bond donors (Lipinski definition) is 3. The van der Waals surface area contributed by atoms with Crippen molar-refractivity contribution < 1.29 is 9.50 Å². The van der Waals surface area contributed by atoms with E-state index in [4.69, 9.17) is 11.6 Å². The summed E-state index contributed by atoms with van der Waals surface area (Å²) in [4.78, 5) is 11.1. The quantitative estimate of drug-likeness (QED) is 0.319. The van der Waals surface area contributed by atoms with Gasteiger partial charge in [-0.05, 0) is 36.4 Å². The van der Waals surface area contributed by atoms with Crippen LogP contribution in [-0.2, 0) is 0 Å². The molecule has 2 heterocycles. The number of pyridine rings is 1. The van der Waals surface area contributed by atoms with E-state index in [2.05, 4.69) is 36.2 Å². The molecule has 4 rings (SSSR count). The molecule has 2 aromatic carbocycles. The Kier molecular flexibility index (Phi) is 6.84. The van der Waals surface area contributed by atoms with Crippen molar-refractivity contribution >= 4 is 49.9 Å². The van der Waals surface area contributed by atoms with Gasteiger partial charge < -0.3 is 15.4 Å². The maximum Gasteiger partial charge on any atom is 0.174 e. The third-order valence-corrected chi connectivity index (χ3v) is 4.94. The van der Waals surface area contributed by atoms with E-state index >= 15 is 4.39 Å². The number of aromatic nitrogens is 3. The van der Waals surface area contributed by atoms with E-state index in [1.165, 1.54) is 6.33 Å². The molecule has 0 spiro atoms. The predicted molar refractivity (Wildman–Crippen MR) is 118 cm³/mol. The summed E-state index contributed by atoms with van der Waals surface area (Å²) in [6.07, 6.45) is 1.84. The minimum absolute atomic E-state index is 0.0944. The third kappa shape index (κ3) is 4.42. The average Bonchev–Trinajstić information content (AvgIpc) is 3.22. The van der Waals surface area contributed by atoms with E-state index in [1.807, 2.05) is 13.8 Å². The average molecular weight is 478 g/mol. The number of aliphatic hydroxyl groups is 1. The lowest BCUT2D eigenvalue weighted by Gasteiger charge is -2.18. The number of nitrogens with one attached hydrogen (secondary N) is 2. The Balaban J connectivity index is 0.00000117. The number of rotatable bonds is 4. The Hall–Kier alpha value is -2.48. The van der Waals surface area contributed by atoms with Gasteiger partial charge in [0.15, 0.2) is 5.82 Å². The van der Waals surface area contributed by atoms with Gasteiger partial charge in [0.25, 0.3) is 0 Å². The number of aliphatic hydroxyl groups excluding tert-OH is 1. The highest BCUT2D eigenvalue weighted by Gasteiger charge is 2.23. The molecule has 5 nitrogen and oxygen atoms in total. The fraction of sp³-hybridized carbons (Fsp3) is 0.143. The van der Waals surface area contributed by atoms with Crippen LogP contribution in [0, 0.1) is 5.82 Å². The molecule has 4 aromatic rings. The molecule has 0 fully saturated rings. The van der Waals surface area contributed by atoms with Crippen LogP contribution in [0.15, 0.2) is 59.5 Å². The molecular weight excluding hydrogens is 459 g/mol. The maximum absolute atomic E-state index is 15.2. The van der Waals surface area contributed by atoms with Gasteiger partial charge in [0.05, 0.1) is 33.9 Å². The van der Waals surface area contributed by atoms with Crippen LogP contribution in [0.2, 0.25) is 5.02 Å². The molecule has 150 valence electrons. The molecule has 1 atom stereocenters. The van der Waals surface area contributed by atoms with Crippen molar-refractivity contribution in [2.24, 2.45) is 0 Å². The molecule has 2 aromatic heterocycles. The van der Waals surface area contributed by atoms with Gasteiger partial charge >= 0.3 is 0 Å². The summed E-state index contributed by atoms with van der Waals surface area (Å²) in [5, 5.41) is 14.2. The van der Waals surface area contributed by atoms with Crippen LogP contribution in [0.5, 0.6) is 0 Å². The molecule has 29 heavy (non-hydrogen) atoms. The minimum atomic E-state index is -1.13. The number of fused-ring (bicyclic) bond motifs is 1. The van der Waals surface area contributed by atoms with Crippen LogP contribution in [-0.4, -0.2) is 20.1 Å². The second-order valence-electron chi connectivity index (χ2n) is 5.86. The van der Waals surface area contributed by atoms with Gasteiger partial charge in [-0.3, -0.25) is 4.98 Å². The van der Waals surface area contributed by atoms with E-state index in [0.717, 1.165) is 4.47 Å². The Labute approximate surface area is 181 Å². The van der Waals surface area contributed by atoms with Crippen LogP contribution in [0.1, 0.15) is 31.2 Å². The topological polar surface area (TPSA) is 73.8 Å². The summed E-state index contributed by atoms with van der Waals surface area (Å²) in [7, 11) is 0. The Morgan fingerprint density at radius 2 is 1.97 bits per heavy atom. The lowest BCUT2D eigenvalue weighted by molar-refractivity contribution is 0.216. The molecule has 0 aliphatic carbocycles. The number of nitrogens with zero attached hydrogens (tertiary/aromatic N) is 2. The second-order valence-corrected chi connectivity index (χ2v) is 7.18. The van der Waals surface area contributed by atoms with E-state index < -0.39 is 11.9 Å². The van der Waals surface area contributed by atoms with E-state index in [-0.39, 0.29) is 11.2 Å². The first-order chi connectivity index (χ1) is 14.0. The van der Waals surface area contributed by atoms with Gasteiger partial charge in [-0.15, -0.1) is 0 Å². The lowest BCUT2D eigenvalue weighted by atomic mass is 10.0. The number of benzene rings is 2. The van der Waals surface area contributed by atoms with Crippen molar-refractivity contribution in [3.63, 3.8) is 0 Å². The van der Waals surface area contributed by atoms with Crippen molar-refractivity contribution in [1.29, 1.82) is 0 Å². The molecule has 1 unspecified atom stereocenters. The number of imidazole rings is 1. The van der Waals surface area contributed by atoms with Gasteiger partial charge in [0.2, 0.25) is 0 Å². The van der Waals surface area contributed by atoms with Crippen LogP contribution < -0.4 is 5.32 Å². The standard InChI is InChI=1S/C19H13BrClFN4O.C2H6/c20-10-4-5-13(12(21)7-10)26-17-11(19(27)14-3-1-2-6-23-14)8-15-18(16(17)22)25-9-24-15;1-2/h1-9,19,26-27H,(H,24,25);1-2H3. The second kappa shape index (κ2) is 9.35. The molecule has 0 bridgehead atoms. The van der Waals surface area contributed by atoms with Crippen molar-refractivity contribution in [1.82, 2.24) is 15.0 Å². The number of halogens is 3. The zero-order valence-corrected chi connectivity index (χ0v) is 18.1. The largest absolute Gasteiger partial charge is 0.382 e. The summed E-state index contributed by atoms with van der Waals surface area (Å²) < 4.78 is 16.0. The van der Waals surface area contributed by atoms with Crippen LogP contribution in [0.3, 0.4) is 0 Å². The third-order valence-electron chi connectivity index (χ3n) is 4.14. The molecule has 0 amide bonds. The number of hydrogen-bond acceptors (Lipinski definition) is 4. The normalized spacial score (nSPS) is 11.7. The first-order valence-corrected chi connectivity index (χ1v) is 10.2. The molecule has 0 aliphatic rings. The first-order valence-electron chi connectivity index (χ1n) is 9.01. The highest BCUT2D eigenvalue weighted by Crippen LogP contribution is 2.37. The summed E-state index contributed by atoms with van der Waals surface area (Å²) in [6.45, 7) is 4.00.